The lowest BCUT2D eigenvalue weighted by Crippen LogP contribution is -2.29. The summed E-state index contributed by atoms with van der Waals surface area (Å²) in [6, 6.07) is 8.33. The van der Waals surface area contributed by atoms with Crippen molar-refractivity contribution in [2.45, 2.75) is 33.2 Å². The fourth-order valence-corrected chi connectivity index (χ4v) is 2.59. The summed E-state index contributed by atoms with van der Waals surface area (Å²) in [6.07, 6.45) is 4.01. The highest BCUT2D eigenvalue weighted by atomic mass is 79.9. The fraction of sp³-hybridized carbons (Fsp3) is 0.375. The quantitative estimate of drug-likeness (QED) is 0.589. The number of anilines is 1. The van der Waals surface area contributed by atoms with E-state index >= 15 is 0 Å². The molecule has 1 aromatic carbocycles. The van der Waals surface area contributed by atoms with E-state index in [2.05, 4.69) is 62.9 Å². The topological polar surface area (TPSA) is 41.9 Å². The third kappa shape index (κ3) is 5.10. The van der Waals surface area contributed by atoms with Gasteiger partial charge in [-0.25, -0.2) is 0 Å². The second kappa shape index (κ2) is 8.29. The summed E-state index contributed by atoms with van der Waals surface area (Å²) < 4.78 is 2.99. The zero-order valence-corrected chi connectivity index (χ0v) is 15.3. The van der Waals surface area contributed by atoms with Gasteiger partial charge in [0.2, 0.25) is 0 Å². The van der Waals surface area contributed by atoms with E-state index in [1.54, 1.807) is 0 Å². The molecule has 0 fully saturated rings. The van der Waals surface area contributed by atoms with Gasteiger partial charge in [0.25, 0.3) is 0 Å². The van der Waals surface area contributed by atoms with Gasteiger partial charge < -0.3 is 10.6 Å². The lowest BCUT2D eigenvalue weighted by Gasteiger charge is -2.11. The fourth-order valence-electron chi connectivity index (χ4n) is 2.05. The Kier molecular flexibility index (Phi) is 6.39. The molecule has 1 heterocycles. The van der Waals surface area contributed by atoms with E-state index in [4.69, 9.17) is 12.2 Å². The summed E-state index contributed by atoms with van der Waals surface area (Å²) in [7, 11) is 0. The molecule has 0 saturated heterocycles. The van der Waals surface area contributed by atoms with Gasteiger partial charge in [0.1, 0.15) is 0 Å². The van der Waals surface area contributed by atoms with Crippen LogP contribution in [0, 0.1) is 6.92 Å². The molecule has 0 radical (unpaired) electrons. The van der Waals surface area contributed by atoms with Gasteiger partial charge in [-0.05, 0) is 65.6 Å². The normalized spacial score (nSPS) is 10.5. The van der Waals surface area contributed by atoms with Crippen LogP contribution in [0.2, 0.25) is 0 Å². The van der Waals surface area contributed by atoms with E-state index in [9.17, 15) is 0 Å². The van der Waals surface area contributed by atoms with Gasteiger partial charge in [0.05, 0.1) is 10.2 Å². The van der Waals surface area contributed by atoms with Gasteiger partial charge in [-0.2, -0.15) is 5.10 Å². The van der Waals surface area contributed by atoms with Crippen LogP contribution in [0.25, 0.3) is 0 Å². The molecule has 0 unspecified atom stereocenters. The van der Waals surface area contributed by atoms with Gasteiger partial charge in [-0.15, -0.1) is 0 Å². The highest BCUT2D eigenvalue weighted by molar-refractivity contribution is 9.10. The zero-order chi connectivity index (χ0) is 15.9. The van der Waals surface area contributed by atoms with E-state index < -0.39 is 0 Å². The lowest BCUT2D eigenvalue weighted by atomic mass is 10.1. The summed E-state index contributed by atoms with van der Waals surface area (Å²) in [5.41, 5.74) is 3.35. The monoisotopic (exact) mass is 380 g/mol. The van der Waals surface area contributed by atoms with Crippen LogP contribution >= 0.6 is 28.1 Å². The third-order valence-corrected chi connectivity index (χ3v) is 4.38. The number of thiocarbonyl (C=S) groups is 1. The van der Waals surface area contributed by atoms with Gasteiger partial charge in [0.15, 0.2) is 5.11 Å². The second-order valence-electron chi connectivity index (χ2n) is 5.11. The first-order chi connectivity index (χ1) is 10.6. The number of aryl methyl sites for hydroxylation is 3. The number of aromatic nitrogens is 2. The van der Waals surface area contributed by atoms with Crippen molar-refractivity contribution in [1.82, 2.24) is 15.1 Å². The first-order valence-corrected chi connectivity index (χ1v) is 8.62. The number of halogens is 1. The highest BCUT2D eigenvalue weighted by Crippen LogP contribution is 2.13. The van der Waals surface area contributed by atoms with Crippen LogP contribution in [0.3, 0.4) is 0 Å². The van der Waals surface area contributed by atoms with Gasteiger partial charge in [-0.1, -0.05) is 19.1 Å². The second-order valence-corrected chi connectivity index (χ2v) is 6.37. The van der Waals surface area contributed by atoms with E-state index in [0.29, 0.717) is 5.11 Å². The van der Waals surface area contributed by atoms with Crippen molar-refractivity contribution < 1.29 is 0 Å². The van der Waals surface area contributed by atoms with Crippen LogP contribution in [-0.4, -0.2) is 21.4 Å². The smallest absolute Gasteiger partial charge is 0.170 e. The maximum absolute atomic E-state index is 5.30. The van der Waals surface area contributed by atoms with Crippen LogP contribution in [-0.2, 0) is 13.0 Å². The van der Waals surface area contributed by atoms with E-state index in [0.717, 1.165) is 41.8 Å². The minimum Gasteiger partial charge on any atom is -0.362 e. The number of hydrogen-bond acceptors (Lipinski definition) is 2. The van der Waals surface area contributed by atoms with Gasteiger partial charge >= 0.3 is 0 Å². The van der Waals surface area contributed by atoms with Gasteiger partial charge in [-0.3, -0.25) is 4.68 Å². The van der Waals surface area contributed by atoms with Crippen molar-refractivity contribution in [1.29, 1.82) is 0 Å². The maximum atomic E-state index is 5.30. The molecule has 0 saturated carbocycles. The standard InChI is InChI=1S/C16H21BrN4S/c1-3-13-5-7-14(8-6-13)19-16(22)18-9-4-10-21-11-15(17)12(2)20-21/h5-8,11H,3-4,9-10H2,1-2H3,(H2,18,19,22). The van der Waals surface area contributed by atoms with Crippen molar-refractivity contribution >= 4 is 38.9 Å². The van der Waals surface area contributed by atoms with Crippen molar-refractivity contribution in [3.8, 4) is 0 Å². The Bertz CT molecular complexity index is 602. The molecule has 1 aromatic heterocycles. The van der Waals surface area contributed by atoms with Crippen LogP contribution in [0.5, 0.6) is 0 Å². The molecule has 0 aliphatic rings. The zero-order valence-electron chi connectivity index (χ0n) is 12.9. The molecule has 0 spiro atoms. The predicted molar refractivity (Wildman–Crippen MR) is 99.3 cm³/mol. The molecule has 0 atom stereocenters. The summed E-state index contributed by atoms with van der Waals surface area (Å²) in [5, 5.41) is 11.5. The summed E-state index contributed by atoms with van der Waals surface area (Å²) in [6.45, 7) is 5.82. The van der Waals surface area contributed by atoms with Crippen molar-refractivity contribution in [3.63, 3.8) is 0 Å². The number of rotatable bonds is 6. The molecule has 22 heavy (non-hydrogen) atoms. The molecule has 118 valence electrons. The highest BCUT2D eigenvalue weighted by Gasteiger charge is 2.01. The molecule has 4 nitrogen and oxygen atoms in total. The van der Waals surface area contributed by atoms with E-state index in [1.165, 1.54) is 5.56 Å². The van der Waals surface area contributed by atoms with Crippen LogP contribution < -0.4 is 10.6 Å². The number of nitrogens with one attached hydrogen (secondary N) is 2. The Morgan fingerprint density at radius 2 is 2.05 bits per heavy atom. The largest absolute Gasteiger partial charge is 0.362 e. The van der Waals surface area contributed by atoms with E-state index in [-0.39, 0.29) is 0 Å². The van der Waals surface area contributed by atoms with Crippen molar-refractivity contribution in [2.24, 2.45) is 0 Å². The lowest BCUT2D eigenvalue weighted by molar-refractivity contribution is 0.570. The Morgan fingerprint density at radius 1 is 1.32 bits per heavy atom. The average molecular weight is 381 g/mol. The Hall–Kier alpha value is -1.40. The molecule has 6 heteroatoms. The molecule has 0 bridgehead atoms. The third-order valence-electron chi connectivity index (χ3n) is 3.36. The van der Waals surface area contributed by atoms with Crippen LogP contribution in [0.1, 0.15) is 24.6 Å². The maximum Gasteiger partial charge on any atom is 0.170 e. The molecular weight excluding hydrogens is 360 g/mol. The molecule has 0 aliphatic carbocycles. The number of benzene rings is 1. The Labute approximate surface area is 145 Å². The Balaban J connectivity index is 1.68. The molecular formula is C16H21BrN4S. The van der Waals surface area contributed by atoms with Crippen LogP contribution in [0.4, 0.5) is 5.69 Å². The average Bonchev–Trinajstić information content (AvgIpc) is 2.83. The molecule has 0 aliphatic heterocycles. The van der Waals surface area contributed by atoms with Crippen molar-refractivity contribution in [2.75, 3.05) is 11.9 Å². The van der Waals surface area contributed by atoms with Crippen LogP contribution in [0.15, 0.2) is 34.9 Å². The summed E-state index contributed by atoms with van der Waals surface area (Å²) >= 11 is 8.77. The minimum atomic E-state index is 0.655. The number of hydrogen-bond donors (Lipinski definition) is 2. The molecule has 2 N–H and O–H groups in total. The SMILES string of the molecule is CCc1ccc(NC(=S)NCCCn2cc(Br)c(C)n2)cc1. The summed E-state index contributed by atoms with van der Waals surface area (Å²) in [5.74, 6) is 0. The Morgan fingerprint density at radius 3 is 2.64 bits per heavy atom. The molecule has 0 amide bonds. The molecule has 2 rings (SSSR count). The van der Waals surface area contributed by atoms with Crippen molar-refractivity contribution in [3.05, 3.63) is 46.2 Å². The number of nitrogens with zero attached hydrogens (tertiary/aromatic N) is 2. The summed E-state index contributed by atoms with van der Waals surface area (Å²) in [4.78, 5) is 0. The minimum absolute atomic E-state index is 0.655. The van der Waals surface area contributed by atoms with Gasteiger partial charge in [0, 0.05) is 25.0 Å². The first-order valence-electron chi connectivity index (χ1n) is 7.42. The van der Waals surface area contributed by atoms with E-state index in [1.807, 2.05) is 17.8 Å². The predicted octanol–water partition coefficient (Wildman–Crippen LogP) is 3.89. The molecule has 2 aromatic rings. The first kappa shape index (κ1) is 17.0.